The minimum atomic E-state index is -0.815. The van der Waals surface area contributed by atoms with Crippen LogP contribution in [0.5, 0.6) is 0 Å². The SMILES string of the molecule is CNC(C)(CC(C)Sc1ccccc1[N+](=O)[O-])C(=O)OC. The highest BCUT2D eigenvalue weighted by Gasteiger charge is 2.34. The summed E-state index contributed by atoms with van der Waals surface area (Å²) in [6.07, 6.45) is 0.493. The van der Waals surface area contributed by atoms with Crippen molar-refractivity contribution < 1.29 is 14.5 Å². The maximum absolute atomic E-state index is 11.8. The fraction of sp³-hybridized carbons (Fsp3) is 0.500. The molecule has 7 heteroatoms. The number of benzene rings is 1. The Morgan fingerprint density at radius 1 is 1.52 bits per heavy atom. The summed E-state index contributed by atoms with van der Waals surface area (Å²) >= 11 is 1.38. The van der Waals surface area contributed by atoms with E-state index in [9.17, 15) is 14.9 Å². The molecule has 0 aliphatic rings. The van der Waals surface area contributed by atoms with E-state index in [1.54, 1.807) is 32.2 Å². The van der Waals surface area contributed by atoms with Gasteiger partial charge in [0.15, 0.2) is 0 Å². The number of nitro groups is 1. The van der Waals surface area contributed by atoms with E-state index in [4.69, 9.17) is 4.74 Å². The molecule has 0 spiro atoms. The van der Waals surface area contributed by atoms with Crippen molar-refractivity contribution in [3.05, 3.63) is 34.4 Å². The van der Waals surface area contributed by atoms with Crippen LogP contribution >= 0.6 is 11.8 Å². The highest BCUT2D eigenvalue weighted by molar-refractivity contribution is 8.00. The molecule has 0 bridgehead atoms. The van der Waals surface area contributed by atoms with Crippen LogP contribution in [0.25, 0.3) is 0 Å². The summed E-state index contributed by atoms with van der Waals surface area (Å²) in [6.45, 7) is 3.69. The first-order valence-corrected chi connectivity index (χ1v) is 7.39. The van der Waals surface area contributed by atoms with Crippen LogP contribution in [0.2, 0.25) is 0 Å². The van der Waals surface area contributed by atoms with Gasteiger partial charge < -0.3 is 10.1 Å². The van der Waals surface area contributed by atoms with E-state index in [-0.39, 0.29) is 16.9 Å². The first-order chi connectivity index (χ1) is 9.84. The van der Waals surface area contributed by atoms with Gasteiger partial charge in [-0.1, -0.05) is 19.1 Å². The van der Waals surface area contributed by atoms with Gasteiger partial charge in [0.05, 0.1) is 16.9 Å². The van der Waals surface area contributed by atoms with Gasteiger partial charge in [-0.25, -0.2) is 0 Å². The zero-order valence-corrected chi connectivity index (χ0v) is 13.4. The maximum Gasteiger partial charge on any atom is 0.325 e. The van der Waals surface area contributed by atoms with E-state index < -0.39 is 10.5 Å². The van der Waals surface area contributed by atoms with Gasteiger partial charge in [0.1, 0.15) is 5.54 Å². The molecule has 116 valence electrons. The number of hydrogen-bond donors (Lipinski definition) is 1. The van der Waals surface area contributed by atoms with Gasteiger partial charge in [-0.2, -0.15) is 0 Å². The average Bonchev–Trinajstić information content (AvgIpc) is 2.46. The van der Waals surface area contributed by atoms with Crippen LogP contribution in [0.15, 0.2) is 29.2 Å². The Balaban J connectivity index is 2.85. The van der Waals surface area contributed by atoms with Gasteiger partial charge in [-0.05, 0) is 26.5 Å². The number of carbonyl (C=O) groups excluding carboxylic acids is 1. The predicted molar refractivity (Wildman–Crippen MR) is 82.5 cm³/mol. The van der Waals surface area contributed by atoms with Crippen molar-refractivity contribution >= 4 is 23.4 Å². The lowest BCUT2D eigenvalue weighted by atomic mass is 9.96. The summed E-state index contributed by atoms with van der Waals surface area (Å²) in [5.41, 5.74) is -0.733. The molecule has 1 aromatic carbocycles. The monoisotopic (exact) mass is 312 g/mol. The van der Waals surface area contributed by atoms with Crippen LogP contribution in [-0.4, -0.2) is 35.8 Å². The van der Waals surface area contributed by atoms with E-state index >= 15 is 0 Å². The number of ether oxygens (including phenoxy) is 1. The minimum Gasteiger partial charge on any atom is -0.468 e. The van der Waals surface area contributed by atoms with Crippen molar-refractivity contribution in [2.45, 2.75) is 36.0 Å². The fourth-order valence-corrected chi connectivity index (χ4v) is 3.32. The first-order valence-electron chi connectivity index (χ1n) is 6.51. The number of rotatable bonds is 7. The number of thioether (sulfide) groups is 1. The number of carbonyl (C=O) groups is 1. The van der Waals surface area contributed by atoms with E-state index in [1.807, 2.05) is 6.92 Å². The molecule has 21 heavy (non-hydrogen) atoms. The smallest absolute Gasteiger partial charge is 0.325 e. The van der Waals surface area contributed by atoms with E-state index in [1.165, 1.54) is 24.9 Å². The Hall–Kier alpha value is -1.60. The van der Waals surface area contributed by atoms with Gasteiger partial charge in [0, 0.05) is 11.3 Å². The van der Waals surface area contributed by atoms with Gasteiger partial charge >= 0.3 is 5.97 Å². The Morgan fingerprint density at radius 3 is 2.67 bits per heavy atom. The lowest BCUT2D eigenvalue weighted by Crippen LogP contribution is -2.49. The Morgan fingerprint density at radius 2 is 2.14 bits per heavy atom. The Bertz CT molecular complexity index is 523. The quantitative estimate of drug-likeness (QED) is 0.361. The molecule has 0 heterocycles. The van der Waals surface area contributed by atoms with Crippen molar-refractivity contribution in [1.82, 2.24) is 5.32 Å². The Labute approximate surface area is 128 Å². The van der Waals surface area contributed by atoms with Gasteiger partial charge in [-0.3, -0.25) is 14.9 Å². The molecule has 6 nitrogen and oxygen atoms in total. The number of nitro benzene ring substituents is 1. The molecular weight excluding hydrogens is 292 g/mol. The molecule has 0 saturated carbocycles. The van der Waals surface area contributed by atoms with E-state index in [2.05, 4.69) is 5.32 Å². The topological polar surface area (TPSA) is 81.5 Å². The number of likely N-dealkylation sites (N-methyl/N-ethyl adjacent to an activating group) is 1. The number of nitrogens with one attached hydrogen (secondary N) is 1. The second-order valence-corrected chi connectivity index (χ2v) is 6.41. The van der Waals surface area contributed by atoms with Crippen LogP contribution in [0.1, 0.15) is 20.3 Å². The van der Waals surface area contributed by atoms with Crippen molar-refractivity contribution in [1.29, 1.82) is 0 Å². The maximum atomic E-state index is 11.8. The lowest BCUT2D eigenvalue weighted by molar-refractivity contribution is -0.387. The molecule has 0 aliphatic heterocycles. The zero-order chi connectivity index (χ0) is 16.0. The number of esters is 1. The molecule has 1 rings (SSSR count). The largest absolute Gasteiger partial charge is 0.468 e. The number of para-hydroxylation sites is 1. The summed E-state index contributed by atoms with van der Waals surface area (Å²) in [6, 6.07) is 6.60. The lowest BCUT2D eigenvalue weighted by Gasteiger charge is -2.28. The molecule has 0 saturated heterocycles. The summed E-state index contributed by atoms with van der Waals surface area (Å²) in [4.78, 5) is 23.0. The van der Waals surface area contributed by atoms with Gasteiger partial charge in [0.25, 0.3) is 5.69 Å². The summed E-state index contributed by atoms with van der Waals surface area (Å²) in [7, 11) is 3.04. The van der Waals surface area contributed by atoms with Crippen molar-refractivity contribution in [3.8, 4) is 0 Å². The zero-order valence-electron chi connectivity index (χ0n) is 12.6. The summed E-state index contributed by atoms with van der Waals surface area (Å²) in [5, 5.41) is 14.0. The van der Waals surface area contributed by atoms with Crippen LogP contribution in [0.3, 0.4) is 0 Å². The summed E-state index contributed by atoms with van der Waals surface area (Å²) in [5.74, 6) is -0.347. The van der Waals surface area contributed by atoms with Gasteiger partial charge in [-0.15, -0.1) is 11.8 Å². The molecular formula is C14H20N2O4S. The number of nitrogens with zero attached hydrogens (tertiary/aromatic N) is 1. The molecule has 0 fully saturated rings. The van der Waals surface area contributed by atoms with Crippen LogP contribution in [0, 0.1) is 10.1 Å². The van der Waals surface area contributed by atoms with Crippen LogP contribution in [-0.2, 0) is 9.53 Å². The number of hydrogen-bond acceptors (Lipinski definition) is 6. The van der Waals surface area contributed by atoms with Crippen LogP contribution < -0.4 is 5.32 Å². The summed E-state index contributed by atoms with van der Waals surface area (Å²) < 4.78 is 4.80. The van der Waals surface area contributed by atoms with Crippen molar-refractivity contribution in [2.24, 2.45) is 0 Å². The molecule has 2 unspecified atom stereocenters. The molecule has 0 aromatic heterocycles. The predicted octanol–water partition coefficient (Wildman–Crippen LogP) is 2.62. The highest BCUT2D eigenvalue weighted by atomic mass is 32.2. The van der Waals surface area contributed by atoms with E-state index in [0.717, 1.165) is 0 Å². The third-order valence-electron chi connectivity index (χ3n) is 3.27. The molecule has 2 atom stereocenters. The van der Waals surface area contributed by atoms with Crippen molar-refractivity contribution in [2.75, 3.05) is 14.2 Å². The molecule has 0 amide bonds. The van der Waals surface area contributed by atoms with Crippen LogP contribution in [0.4, 0.5) is 5.69 Å². The molecule has 0 radical (unpaired) electrons. The standard InChI is InChI=1S/C14H20N2O4S/c1-10(9-14(2,15-3)13(17)20-4)21-12-8-6-5-7-11(12)16(18)19/h5-8,10,15H,9H2,1-4H3. The molecule has 0 aliphatic carbocycles. The second-order valence-electron chi connectivity index (χ2n) is 4.93. The van der Waals surface area contributed by atoms with Crippen molar-refractivity contribution in [3.63, 3.8) is 0 Å². The highest BCUT2D eigenvalue weighted by Crippen LogP contribution is 2.34. The average molecular weight is 312 g/mol. The molecule has 1 N–H and O–H groups in total. The number of methoxy groups -OCH3 is 1. The third-order valence-corrected chi connectivity index (χ3v) is 4.44. The minimum absolute atomic E-state index is 0.00245. The third kappa shape index (κ3) is 4.44. The van der Waals surface area contributed by atoms with E-state index in [0.29, 0.717) is 11.3 Å². The normalized spacial score (nSPS) is 15.0. The first kappa shape index (κ1) is 17.5. The van der Waals surface area contributed by atoms with Gasteiger partial charge in [0.2, 0.25) is 0 Å². The fourth-order valence-electron chi connectivity index (χ4n) is 2.05. The second kappa shape index (κ2) is 7.42. The molecule has 1 aromatic rings. The Kier molecular flexibility index (Phi) is 6.17.